The first kappa shape index (κ1) is 14.5. The molecule has 0 saturated carbocycles. The lowest BCUT2D eigenvalue weighted by molar-refractivity contribution is 0.540. The molecule has 1 aliphatic rings. The Hall–Kier alpha value is 0.0500. The lowest BCUT2D eigenvalue weighted by Crippen LogP contribution is -2.30. The largest absolute Gasteiger partial charge is 0.314 e. The maximum Gasteiger partial charge on any atom is 0.250 e. The first-order chi connectivity index (χ1) is 8.49. The van der Waals surface area contributed by atoms with E-state index in [1.54, 1.807) is 6.07 Å². The van der Waals surface area contributed by atoms with E-state index in [-0.39, 0.29) is 0 Å². The first-order valence-corrected chi connectivity index (χ1v) is 9.07. The van der Waals surface area contributed by atoms with Crippen molar-refractivity contribution in [1.29, 1.82) is 0 Å². The number of nitrogens with one attached hydrogen (secondary N) is 2. The van der Waals surface area contributed by atoms with Gasteiger partial charge in [-0.3, -0.25) is 0 Å². The number of aryl methyl sites for hydroxylation is 1. The summed E-state index contributed by atoms with van der Waals surface area (Å²) in [6.07, 6.45) is 3.19. The fraction of sp³-hybridized carbons (Fsp3) is 0.636. The van der Waals surface area contributed by atoms with Gasteiger partial charge >= 0.3 is 0 Å². The second-order valence-electron chi connectivity index (χ2n) is 4.50. The maximum absolute atomic E-state index is 12.0. The van der Waals surface area contributed by atoms with E-state index in [2.05, 4.69) is 26.0 Å². The van der Waals surface area contributed by atoms with Gasteiger partial charge in [0.25, 0.3) is 0 Å². The van der Waals surface area contributed by atoms with Gasteiger partial charge in [0.05, 0.1) is 3.79 Å². The molecule has 0 aliphatic carbocycles. The van der Waals surface area contributed by atoms with Crippen LogP contribution in [0.5, 0.6) is 0 Å². The van der Waals surface area contributed by atoms with Crippen LogP contribution in [0.25, 0.3) is 0 Å². The van der Waals surface area contributed by atoms with Crippen molar-refractivity contribution >= 4 is 37.3 Å². The summed E-state index contributed by atoms with van der Waals surface area (Å²) in [6, 6.07) is 2.16. The Morgan fingerprint density at radius 2 is 2.39 bits per heavy atom. The highest BCUT2D eigenvalue weighted by atomic mass is 79.9. The van der Waals surface area contributed by atoms with Gasteiger partial charge in [0.2, 0.25) is 10.0 Å². The van der Waals surface area contributed by atoms with Crippen LogP contribution in [0, 0.1) is 6.92 Å². The van der Waals surface area contributed by atoms with Crippen LogP contribution in [0.4, 0.5) is 0 Å². The zero-order valence-corrected chi connectivity index (χ0v) is 13.4. The third-order valence-corrected chi connectivity index (χ3v) is 7.12. The third kappa shape index (κ3) is 3.54. The molecule has 1 aromatic heterocycles. The van der Waals surface area contributed by atoms with Crippen molar-refractivity contribution in [2.45, 2.75) is 36.4 Å². The van der Waals surface area contributed by atoms with Crippen LogP contribution >= 0.6 is 27.3 Å². The van der Waals surface area contributed by atoms with Crippen LogP contribution in [0.2, 0.25) is 0 Å². The summed E-state index contributed by atoms with van der Waals surface area (Å²) in [5, 5.41) is 3.36. The van der Waals surface area contributed by atoms with E-state index in [1.807, 2.05) is 6.92 Å². The molecule has 2 rings (SSSR count). The van der Waals surface area contributed by atoms with Gasteiger partial charge in [-0.15, -0.1) is 11.3 Å². The molecule has 0 unspecified atom stereocenters. The van der Waals surface area contributed by atoms with Crippen molar-refractivity contribution in [3.05, 3.63) is 15.4 Å². The number of thiophene rings is 1. The molecule has 1 aromatic rings. The topological polar surface area (TPSA) is 58.2 Å². The normalized spacial score (nSPS) is 20.4. The van der Waals surface area contributed by atoms with Crippen molar-refractivity contribution in [1.82, 2.24) is 10.0 Å². The molecule has 102 valence electrons. The van der Waals surface area contributed by atoms with Gasteiger partial charge in [-0.1, -0.05) is 0 Å². The average molecular weight is 353 g/mol. The number of hydrogen-bond donors (Lipinski definition) is 2. The van der Waals surface area contributed by atoms with Gasteiger partial charge in [-0.25, -0.2) is 13.1 Å². The molecule has 0 aromatic carbocycles. The van der Waals surface area contributed by atoms with Crippen molar-refractivity contribution in [2.24, 2.45) is 0 Å². The summed E-state index contributed by atoms with van der Waals surface area (Å²) in [5.74, 6) is 0. The molecule has 0 bridgehead atoms. The Kier molecular flexibility index (Phi) is 4.82. The molecule has 0 amide bonds. The van der Waals surface area contributed by atoms with Crippen LogP contribution in [0.15, 0.2) is 14.1 Å². The van der Waals surface area contributed by atoms with E-state index in [0.29, 0.717) is 16.8 Å². The molecule has 2 heterocycles. The Bertz CT molecular complexity index is 488. The monoisotopic (exact) mass is 352 g/mol. The number of rotatable bonds is 5. The fourth-order valence-electron chi connectivity index (χ4n) is 2.01. The highest BCUT2D eigenvalue weighted by molar-refractivity contribution is 9.11. The molecule has 1 fully saturated rings. The summed E-state index contributed by atoms with van der Waals surface area (Å²) in [6.45, 7) is 3.44. The molecule has 0 radical (unpaired) electrons. The van der Waals surface area contributed by atoms with Crippen LogP contribution in [0.1, 0.15) is 24.8 Å². The van der Waals surface area contributed by atoms with Crippen LogP contribution in [-0.4, -0.2) is 27.5 Å². The van der Waals surface area contributed by atoms with E-state index < -0.39 is 10.0 Å². The summed E-state index contributed by atoms with van der Waals surface area (Å²) >= 11 is 4.60. The molecule has 4 nitrogen and oxygen atoms in total. The van der Waals surface area contributed by atoms with E-state index in [1.165, 1.54) is 17.8 Å². The SMILES string of the molecule is Cc1cc(S(=O)(=O)NCC[C@@H]2CCCN2)sc1Br. The minimum Gasteiger partial charge on any atom is -0.314 e. The highest BCUT2D eigenvalue weighted by Crippen LogP contribution is 2.30. The van der Waals surface area contributed by atoms with Gasteiger partial charge < -0.3 is 5.32 Å². The fourth-order valence-corrected chi connectivity index (χ4v) is 5.32. The van der Waals surface area contributed by atoms with Crippen LogP contribution < -0.4 is 10.0 Å². The van der Waals surface area contributed by atoms with Gasteiger partial charge in [0.1, 0.15) is 4.21 Å². The average Bonchev–Trinajstić information content (AvgIpc) is 2.90. The van der Waals surface area contributed by atoms with Crippen LogP contribution in [-0.2, 0) is 10.0 Å². The van der Waals surface area contributed by atoms with Crippen molar-refractivity contribution in [3.8, 4) is 0 Å². The molecular formula is C11H17BrN2O2S2. The van der Waals surface area contributed by atoms with E-state index >= 15 is 0 Å². The second-order valence-corrected chi connectivity index (χ2v) is 8.87. The summed E-state index contributed by atoms with van der Waals surface area (Å²) < 4.78 is 28.0. The molecule has 1 atom stereocenters. The third-order valence-electron chi connectivity index (χ3n) is 3.05. The van der Waals surface area contributed by atoms with E-state index in [9.17, 15) is 8.42 Å². The minimum atomic E-state index is -3.34. The van der Waals surface area contributed by atoms with Crippen molar-refractivity contribution in [2.75, 3.05) is 13.1 Å². The molecule has 1 aliphatic heterocycles. The molecule has 1 saturated heterocycles. The number of hydrogen-bond acceptors (Lipinski definition) is 4. The lowest BCUT2D eigenvalue weighted by Gasteiger charge is -2.10. The molecule has 18 heavy (non-hydrogen) atoms. The second kappa shape index (κ2) is 6.00. The van der Waals surface area contributed by atoms with Gasteiger partial charge in [-0.05, 0) is 60.3 Å². The summed E-state index contributed by atoms with van der Waals surface area (Å²) in [5.41, 5.74) is 0.956. The molecular weight excluding hydrogens is 336 g/mol. The van der Waals surface area contributed by atoms with E-state index in [4.69, 9.17) is 0 Å². The zero-order chi connectivity index (χ0) is 13.2. The van der Waals surface area contributed by atoms with Crippen LogP contribution in [0.3, 0.4) is 0 Å². The quantitative estimate of drug-likeness (QED) is 0.854. The predicted octanol–water partition coefficient (Wildman–Crippen LogP) is 2.24. The summed E-state index contributed by atoms with van der Waals surface area (Å²) in [4.78, 5) is 0. The minimum absolute atomic E-state index is 0.381. The van der Waals surface area contributed by atoms with Gasteiger partial charge in [0.15, 0.2) is 0 Å². The highest BCUT2D eigenvalue weighted by Gasteiger charge is 2.19. The standard InChI is InChI=1S/C11H17BrN2O2S2/c1-8-7-10(17-11(8)12)18(15,16)14-6-4-9-3-2-5-13-9/h7,9,13-14H,2-6H2,1H3/t9-/m0/s1. The van der Waals surface area contributed by atoms with Gasteiger partial charge in [-0.2, -0.15) is 0 Å². The number of halogens is 1. The zero-order valence-electron chi connectivity index (χ0n) is 10.2. The maximum atomic E-state index is 12.0. The summed E-state index contributed by atoms with van der Waals surface area (Å²) in [7, 11) is -3.34. The predicted molar refractivity (Wildman–Crippen MR) is 77.6 cm³/mol. The lowest BCUT2D eigenvalue weighted by atomic mass is 10.2. The Balaban J connectivity index is 1.90. The van der Waals surface area contributed by atoms with E-state index in [0.717, 1.165) is 28.7 Å². The molecule has 7 heteroatoms. The Morgan fingerprint density at radius 1 is 1.61 bits per heavy atom. The van der Waals surface area contributed by atoms with Gasteiger partial charge in [0, 0.05) is 12.6 Å². The molecule has 2 N–H and O–H groups in total. The van der Waals surface area contributed by atoms with Crippen molar-refractivity contribution < 1.29 is 8.42 Å². The first-order valence-electron chi connectivity index (χ1n) is 5.98. The van der Waals surface area contributed by atoms with Crippen molar-refractivity contribution in [3.63, 3.8) is 0 Å². The number of sulfonamides is 1. The molecule has 0 spiro atoms. The Labute approximate surface area is 120 Å². The smallest absolute Gasteiger partial charge is 0.250 e. The Morgan fingerprint density at radius 3 is 2.94 bits per heavy atom.